The molecule has 0 spiro atoms. The van der Waals surface area contributed by atoms with Crippen LogP contribution in [0.1, 0.15) is 32.6 Å². The molecule has 16 heavy (non-hydrogen) atoms. The third kappa shape index (κ3) is 5.12. The van der Waals surface area contributed by atoms with Gasteiger partial charge in [0.05, 0.1) is 11.5 Å². The second-order valence-corrected chi connectivity index (χ2v) is 6.89. The lowest BCUT2D eigenvalue weighted by Gasteiger charge is -2.24. The van der Waals surface area contributed by atoms with Gasteiger partial charge >= 0.3 is 0 Å². The normalized spacial score (nSPS) is 20.3. The number of thiocarbonyl (C=S) groups is 1. The number of hydrogen-bond acceptors (Lipinski definition) is 3. The van der Waals surface area contributed by atoms with Crippen molar-refractivity contribution >= 4 is 27.2 Å². The minimum atomic E-state index is -2.78. The van der Waals surface area contributed by atoms with Crippen molar-refractivity contribution in [1.29, 1.82) is 0 Å². The van der Waals surface area contributed by atoms with Crippen LogP contribution in [-0.4, -0.2) is 37.6 Å². The molecule has 4 nitrogen and oxygen atoms in total. The molecule has 0 unspecified atom stereocenters. The molecule has 0 atom stereocenters. The molecular weight excluding hydrogens is 244 g/mol. The lowest BCUT2D eigenvalue weighted by Crippen LogP contribution is -2.45. The summed E-state index contributed by atoms with van der Waals surface area (Å²) in [6.07, 6.45) is 3.56. The Hall–Kier alpha value is -0.360. The summed E-state index contributed by atoms with van der Waals surface area (Å²) < 4.78 is 22.4. The zero-order valence-corrected chi connectivity index (χ0v) is 11.3. The van der Waals surface area contributed by atoms with Crippen molar-refractivity contribution in [2.45, 2.75) is 38.6 Å². The molecule has 1 aliphatic rings. The van der Waals surface area contributed by atoms with E-state index >= 15 is 0 Å². The van der Waals surface area contributed by atoms with Gasteiger partial charge in [-0.3, -0.25) is 0 Å². The van der Waals surface area contributed by atoms with E-state index in [9.17, 15) is 8.42 Å². The third-order valence-electron chi connectivity index (χ3n) is 2.71. The highest BCUT2D eigenvalue weighted by Crippen LogP contribution is 2.11. The van der Waals surface area contributed by atoms with Gasteiger partial charge in [-0.2, -0.15) is 0 Å². The van der Waals surface area contributed by atoms with E-state index in [0.29, 0.717) is 18.0 Å². The molecule has 0 saturated carbocycles. The topological polar surface area (TPSA) is 58.2 Å². The van der Waals surface area contributed by atoms with Gasteiger partial charge in [-0.25, -0.2) is 8.42 Å². The molecule has 94 valence electrons. The summed E-state index contributed by atoms with van der Waals surface area (Å²) in [5, 5.41) is 6.94. The maximum Gasteiger partial charge on any atom is 0.166 e. The summed E-state index contributed by atoms with van der Waals surface area (Å²) in [4.78, 5) is 0. The van der Waals surface area contributed by atoms with E-state index < -0.39 is 9.84 Å². The van der Waals surface area contributed by atoms with Gasteiger partial charge in [0, 0.05) is 12.6 Å². The van der Waals surface area contributed by atoms with Crippen LogP contribution in [0.5, 0.6) is 0 Å². The molecule has 0 aliphatic carbocycles. The Kier molecular flexibility index (Phi) is 5.48. The van der Waals surface area contributed by atoms with Gasteiger partial charge < -0.3 is 10.6 Å². The van der Waals surface area contributed by atoms with Gasteiger partial charge in [0.15, 0.2) is 5.11 Å². The van der Waals surface area contributed by atoms with Gasteiger partial charge in [-0.15, -0.1) is 0 Å². The summed E-state index contributed by atoms with van der Waals surface area (Å²) in [7, 11) is -2.78. The zero-order valence-electron chi connectivity index (χ0n) is 9.66. The summed E-state index contributed by atoms with van der Waals surface area (Å²) in [5.41, 5.74) is 0. The Balaban J connectivity index is 2.20. The minimum Gasteiger partial charge on any atom is -0.363 e. The Bertz CT molecular complexity index is 314. The van der Waals surface area contributed by atoms with Crippen LogP contribution in [0.25, 0.3) is 0 Å². The highest BCUT2D eigenvalue weighted by molar-refractivity contribution is 7.91. The Morgan fingerprint density at radius 2 is 2.00 bits per heavy atom. The van der Waals surface area contributed by atoms with E-state index in [0.717, 1.165) is 19.4 Å². The summed E-state index contributed by atoms with van der Waals surface area (Å²) in [6, 6.07) is 0.213. The molecule has 0 bridgehead atoms. The van der Waals surface area contributed by atoms with Crippen molar-refractivity contribution in [3.63, 3.8) is 0 Å². The van der Waals surface area contributed by atoms with Crippen LogP contribution in [0.3, 0.4) is 0 Å². The first kappa shape index (κ1) is 13.7. The summed E-state index contributed by atoms with van der Waals surface area (Å²) >= 11 is 5.13. The molecule has 0 aromatic heterocycles. The third-order valence-corrected chi connectivity index (χ3v) is 4.68. The maximum absolute atomic E-state index is 11.2. The van der Waals surface area contributed by atoms with Crippen LogP contribution < -0.4 is 10.6 Å². The van der Waals surface area contributed by atoms with E-state index in [4.69, 9.17) is 12.2 Å². The predicted molar refractivity (Wildman–Crippen MR) is 70.3 cm³/mol. The van der Waals surface area contributed by atoms with E-state index in [-0.39, 0.29) is 17.5 Å². The van der Waals surface area contributed by atoms with Gasteiger partial charge in [0.2, 0.25) is 0 Å². The van der Waals surface area contributed by atoms with Crippen LogP contribution in [0.2, 0.25) is 0 Å². The minimum absolute atomic E-state index is 0.213. The Labute approximate surface area is 103 Å². The van der Waals surface area contributed by atoms with Crippen molar-refractivity contribution < 1.29 is 8.42 Å². The molecule has 1 fully saturated rings. The number of hydrogen-bond donors (Lipinski definition) is 2. The fourth-order valence-corrected chi connectivity index (χ4v) is 3.41. The van der Waals surface area contributed by atoms with Gasteiger partial charge in [0.25, 0.3) is 0 Å². The smallest absolute Gasteiger partial charge is 0.166 e. The number of rotatable bonds is 4. The highest BCUT2D eigenvalue weighted by Gasteiger charge is 2.23. The summed E-state index contributed by atoms with van der Waals surface area (Å²) in [5.74, 6) is 0.560. The largest absolute Gasteiger partial charge is 0.363 e. The van der Waals surface area contributed by atoms with Crippen molar-refractivity contribution in [2.75, 3.05) is 18.1 Å². The predicted octanol–water partition coefficient (Wildman–Crippen LogP) is 0.828. The molecule has 0 aromatic carbocycles. The standard InChI is InChI=1S/C10H20N2O2S2/c1-2-3-6-11-10(15)12-9-4-7-16(13,14)8-5-9/h9H,2-8H2,1H3,(H2,11,12,15). The molecule has 0 radical (unpaired) electrons. The van der Waals surface area contributed by atoms with E-state index in [2.05, 4.69) is 17.6 Å². The highest BCUT2D eigenvalue weighted by atomic mass is 32.2. The van der Waals surface area contributed by atoms with Crippen molar-refractivity contribution in [1.82, 2.24) is 10.6 Å². The number of unbranched alkanes of at least 4 members (excludes halogenated alkanes) is 1. The van der Waals surface area contributed by atoms with Crippen LogP contribution in [0.4, 0.5) is 0 Å². The first-order valence-corrected chi connectivity index (χ1v) is 8.01. The molecular formula is C10H20N2O2S2. The van der Waals surface area contributed by atoms with Crippen molar-refractivity contribution in [3.8, 4) is 0 Å². The van der Waals surface area contributed by atoms with Crippen LogP contribution >= 0.6 is 12.2 Å². The van der Waals surface area contributed by atoms with E-state index in [1.807, 2.05) is 0 Å². The number of sulfone groups is 1. The Morgan fingerprint density at radius 1 is 1.38 bits per heavy atom. The molecule has 1 saturated heterocycles. The molecule has 1 rings (SSSR count). The quantitative estimate of drug-likeness (QED) is 0.582. The van der Waals surface area contributed by atoms with Gasteiger partial charge in [0.1, 0.15) is 9.84 Å². The molecule has 0 amide bonds. The monoisotopic (exact) mass is 264 g/mol. The second kappa shape index (κ2) is 6.39. The fraction of sp³-hybridized carbons (Fsp3) is 0.900. The first-order valence-electron chi connectivity index (χ1n) is 5.78. The lowest BCUT2D eigenvalue weighted by molar-refractivity contribution is 0.517. The molecule has 0 aromatic rings. The average molecular weight is 264 g/mol. The van der Waals surface area contributed by atoms with E-state index in [1.54, 1.807) is 0 Å². The van der Waals surface area contributed by atoms with Crippen LogP contribution in [0.15, 0.2) is 0 Å². The first-order chi connectivity index (χ1) is 7.53. The van der Waals surface area contributed by atoms with Gasteiger partial charge in [-0.05, 0) is 31.5 Å². The van der Waals surface area contributed by atoms with Crippen molar-refractivity contribution in [3.05, 3.63) is 0 Å². The average Bonchev–Trinajstić information content (AvgIpc) is 2.22. The molecule has 2 N–H and O–H groups in total. The van der Waals surface area contributed by atoms with Crippen LogP contribution in [-0.2, 0) is 9.84 Å². The lowest BCUT2D eigenvalue weighted by atomic mass is 10.2. The van der Waals surface area contributed by atoms with Gasteiger partial charge in [-0.1, -0.05) is 13.3 Å². The number of nitrogens with one attached hydrogen (secondary N) is 2. The molecule has 1 heterocycles. The second-order valence-electron chi connectivity index (χ2n) is 4.18. The fourth-order valence-electron chi connectivity index (χ4n) is 1.65. The SMILES string of the molecule is CCCCNC(=S)NC1CCS(=O)(=O)CC1. The zero-order chi connectivity index (χ0) is 12.0. The molecule has 1 aliphatic heterocycles. The maximum atomic E-state index is 11.2. The molecule has 6 heteroatoms. The van der Waals surface area contributed by atoms with Crippen LogP contribution in [0, 0.1) is 0 Å². The Morgan fingerprint density at radius 3 is 2.56 bits per heavy atom. The van der Waals surface area contributed by atoms with E-state index in [1.165, 1.54) is 0 Å². The van der Waals surface area contributed by atoms with Crippen molar-refractivity contribution in [2.24, 2.45) is 0 Å². The summed E-state index contributed by atoms with van der Waals surface area (Å²) in [6.45, 7) is 3.01.